The number of carbonyl (C=O) groups is 2. The molecule has 8 heteroatoms. The molecule has 0 aliphatic heterocycles. The highest BCUT2D eigenvalue weighted by atomic mass is 32.1. The Morgan fingerprint density at radius 3 is 2.61 bits per heavy atom. The van der Waals surface area contributed by atoms with Gasteiger partial charge < -0.3 is 19.5 Å². The Kier molecular flexibility index (Phi) is 8.70. The molecule has 0 fully saturated rings. The van der Waals surface area contributed by atoms with Gasteiger partial charge in [0, 0.05) is 16.9 Å². The van der Waals surface area contributed by atoms with E-state index >= 15 is 0 Å². The third-order valence-corrected chi connectivity index (χ3v) is 7.93. The van der Waals surface area contributed by atoms with Gasteiger partial charge in [-0.15, -0.1) is 11.3 Å². The number of ether oxygens (including phenoxy) is 3. The topological polar surface area (TPSA) is 97.6 Å². The largest absolute Gasteiger partial charge is 0.493 e. The Morgan fingerprint density at radius 1 is 1.13 bits per heavy atom. The molecule has 7 nitrogen and oxygen atoms in total. The zero-order chi connectivity index (χ0) is 27.1. The standard InChI is InChI=1S/C30H32N2O5S/c1-4-6-16-37-23-13-12-20(17-24(23)35-3)27(33)32-28-26(29(34)36-5-2)22-14-15-30(19-31,18-25(22)38-28)21-10-8-7-9-11-21/h7-13,17H,4-6,14-16,18H2,1-3H3,(H,32,33). The van der Waals surface area contributed by atoms with Crippen molar-refractivity contribution in [1.82, 2.24) is 0 Å². The lowest BCUT2D eigenvalue weighted by Gasteiger charge is -2.31. The van der Waals surface area contributed by atoms with Crippen LogP contribution in [0.4, 0.5) is 5.00 Å². The van der Waals surface area contributed by atoms with Crippen LogP contribution in [0.5, 0.6) is 11.5 Å². The summed E-state index contributed by atoms with van der Waals surface area (Å²) in [4.78, 5) is 27.2. The predicted octanol–water partition coefficient (Wildman–Crippen LogP) is 6.31. The van der Waals surface area contributed by atoms with Gasteiger partial charge in [0.25, 0.3) is 5.91 Å². The van der Waals surface area contributed by atoms with Crippen molar-refractivity contribution in [2.75, 3.05) is 25.6 Å². The van der Waals surface area contributed by atoms with E-state index in [0.717, 1.165) is 28.8 Å². The van der Waals surface area contributed by atoms with Crippen LogP contribution in [0.2, 0.25) is 0 Å². The van der Waals surface area contributed by atoms with Gasteiger partial charge in [0.15, 0.2) is 11.5 Å². The number of rotatable bonds is 10. The zero-order valence-electron chi connectivity index (χ0n) is 22.0. The molecular weight excluding hydrogens is 500 g/mol. The molecule has 1 unspecified atom stereocenters. The van der Waals surface area contributed by atoms with Crippen molar-refractivity contribution in [1.29, 1.82) is 5.26 Å². The molecule has 0 radical (unpaired) electrons. The normalized spacial score (nSPS) is 16.2. The molecule has 0 saturated heterocycles. The van der Waals surface area contributed by atoms with E-state index in [-0.39, 0.29) is 12.5 Å². The maximum Gasteiger partial charge on any atom is 0.341 e. The van der Waals surface area contributed by atoms with Crippen molar-refractivity contribution in [3.63, 3.8) is 0 Å². The number of methoxy groups -OCH3 is 1. The molecule has 1 atom stereocenters. The molecule has 1 heterocycles. The number of unbranched alkanes of at least 4 members (excludes halogenated alkanes) is 1. The van der Waals surface area contributed by atoms with Crippen LogP contribution in [0.3, 0.4) is 0 Å². The fraction of sp³-hybridized carbons (Fsp3) is 0.367. The highest BCUT2D eigenvalue weighted by Crippen LogP contribution is 2.45. The van der Waals surface area contributed by atoms with Crippen molar-refractivity contribution in [3.05, 3.63) is 75.7 Å². The number of carbonyl (C=O) groups excluding carboxylic acids is 2. The Bertz CT molecular complexity index is 1340. The number of nitrogens with zero attached hydrogens (tertiary/aromatic N) is 1. The van der Waals surface area contributed by atoms with E-state index in [1.54, 1.807) is 25.1 Å². The highest BCUT2D eigenvalue weighted by molar-refractivity contribution is 7.17. The van der Waals surface area contributed by atoms with E-state index in [1.807, 2.05) is 30.3 Å². The molecule has 2 aromatic carbocycles. The second kappa shape index (κ2) is 12.1. The Hall–Kier alpha value is -3.83. The number of amides is 1. The quantitative estimate of drug-likeness (QED) is 0.243. The van der Waals surface area contributed by atoms with Gasteiger partial charge in [0.2, 0.25) is 0 Å². The first-order chi connectivity index (χ1) is 18.5. The Labute approximate surface area is 227 Å². The lowest BCUT2D eigenvalue weighted by Crippen LogP contribution is -2.31. The molecule has 0 saturated carbocycles. The summed E-state index contributed by atoms with van der Waals surface area (Å²) in [6.45, 7) is 4.62. The smallest absolute Gasteiger partial charge is 0.341 e. The minimum atomic E-state index is -0.687. The SMILES string of the molecule is CCCCOc1ccc(C(=O)Nc2sc3c(c2C(=O)OCC)CCC(C#N)(c2ccccc2)C3)cc1OC. The van der Waals surface area contributed by atoms with E-state index in [2.05, 4.69) is 18.3 Å². The highest BCUT2D eigenvalue weighted by Gasteiger charge is 2.40. The number of hydrogen-bond donors (Lipinski definition) is 1. The lowest BCUT2D eigenvalue weighted by molar-refractivity contribution is 0.0526. The van der Waals surface area contributed by atoms with Gasteiger partial charge in [0.05, 0.1) is 37.4 Å². The van der Waals surface area contributed by atoms with Gasteiger partial charge in [-0.2, -0.15) is 5.26 Å². The summed E-state index contributed by atoms with van der Waals surface area (Å²) in [5, 5.41) is 13.6. The summed E-state index contributed by atoms with van der Waals surface area (Å²) >= 11 is 1.34. The summed E-state index contributed by atoms with van der Waals surface area (Å²) in [6, 6.07) is 17.3. The number of nitrogens with one attached hydrogen (secondary N) is 1. The summed E-state index contributed by atoms with van der Waals surface area (Å²) in [5.74, 6) is 0.195. The number of fused-ring (bicyclic) bond motifs is 1. The number of benzene rings is 2. The van der Waals surface area contributed by atoms with Crippen molar-refractivity contribution >= 4 is 28.2 Å². The summed E-state index contributed by atoms with van der Waals surface area (Å²) < 4.78 is 16.6. The van der Waals surface area contributed by atoms with Crippen molar-refractivity contribution in [2.24, 2.45) is 0 Å². The number of thiophene rings is 1. The van der Waals surface area contributed by atoms with Crippen LogP contribution in [0.1, 0.15) is 69.8 Å². The van der Waals surface area contributed by atoms with Gasteiger partial charge in [0.1, 0.15) is 5.00 Å². The van der Waals surface area contributed by atoms with E-state index in [4.69, 9.17) is 14.2 Å². The molecule has 1 aromatic heterocycles. The van der Waals surface area contributed by atoms with Crippen LogP contribution in [-0.2, 0) is 23.0 Å². The zero-order valence-corrected chi connectivity index (χ0v) is 22.8. The molecule has 1 aliphatic rings. The molecule has 4 rings (SSSR count). The van der Waals surface area contributed by atoms with E-state index in [9.17, 15) is 14.9 Å². The first-order valence-corrected chi connectivity index (χ1v) is 13.7. The third kappa shape index (κ3) is 5.53. The second-order valence-electron chi connectivity index (χ2n) is 9.19. The maximum atomic E-state index is 13.3. The monoisotopic (exact) mass is 532 g/mol. The fourth-order valence-corrected chi connectivity index (χ4v) is 6.07. The van der Waals surface area contributed by atoms with Crippen molar-refractivity contribution in [3.8, 4) is 17.6 Å². The van der Waals surface area contributed by atoms with Crippen molar-refractivity contribution < 1.29 is 23.8 Å². The van der Waals surface area contributed by atoms with Gasteiger partial charge in [-0.25, -0.2) is 4.79 Å². The van der Waals surface area contributed by atoms with Gasteiger partial charge in [-0.05, 0) is 55.5 Å². The summed E-state index contributed by atoms with van der Waals surface area (Å²) in [6.07, 6.45) is 3.51. The van der Waals surface area contributed by atoms with Crippen LogP contribution in [0.15, 0.2) is 48.5 Å². The number of nitriles is 1. The van der Waals surface area contributed by atoms with Crippen LogP contribution in [-0.4, -0.2) is 32.2 Å². The van der Waals surface area contributed by atoms with Crippen molar-refractivity contribution in [2.45, 2.75) is 51.4 Å². The predicted molar refractivity (Wildman–Crippen MR) is 147 cm³/mol. The van der Waals surface area contributed by atoms with Crippen LogP contribution in [0.25, 0.3) is 0 Å². The van der Waals surface area contributed by atoms with Crippen LogP contribution < -0.4 is 14.8 Å². The second-order valence-corrected chi connectivity index (χ2v) is 10.3. The third-order valence-electron chi connectivity index (χ3n) is 6.78. The first-order valence-electron chi connectivity index (χ1n) is 12.9. The Balaban J connectivity index is 1.65. The van der Waals surface area contributed by atoms with Gasteiger partial charge >= 0.3 is 5.97 Å². The van der Waals surface area contributed by atoms with Gasteiger partial charge in [-0.1, -0.05) is 43.7 Å². The number of esters is 1. The molecule has 3 aromatic rings. The van der Waals surface area contributed by atoms with E-state index < -0.39 is 11.4 Å². The summed E-state index contributed by atoms with van der Waals surface area (Å²) in [7, 11) is 1.53. The lowest BCUT2D eigenvalue weighted by atomic mass is 9.70. The molecule has 38 heavy (non-hydrogen) atoms. The first kappa shape index (κ1) is 27.2. The minimum Gasteiger partial charge on any atom is -0.493 e. The average Bonchev–Trinajstić information content (AvgIpc) is 3.30. The molecule has 0 spiro atoms. The molecule has 1 aliphatic carbocycles. The average molecular weight is 533 g/mol. The summed E-state index contributed by atoms with van der Waals surface area (Å²) in [5.41, 5.74) is 1.88. The van der Waals surface area contributed by atoms with E-state index in [1.165, 1.54) is 18.4 Å². The van der Waals surface area contributed by atoms with Crippen LogP contribution >= 0.6 is 11.3 Å². The molecule has 1 amide bonds. The number of anilines is 1. The molecular formula is C30H32N2O5S. The maximum absolute atomic E-state index is 13.3. The minimum absolute atomic E-state index is 0.222. The molecule has 198 valence electrons. The molecule has 1 N–H and O–H groups in total. The Morgan fingerprint density at radius 2 is 1.92 bits per heavy atom. The van der Waals surface area contributed by atoms with Gasteiger partial charge in [-0.3, -0.25) is 4.79 Å². The molecule has 0 bridgehead atoms. The number of hydrogen-bond acceptors (Lipinski definition) is 7. The van der Waals surface area contributed by atoms with Crippen LogP contribution in [0, 0.1) is 11.3 Å². The fourth-order valence-electron chi connectivity index (χ4n) is 4.72. The van der Waals surface area contributed by atoms with E-state index in [0.29, 0.717) is 53.5 Å².